The molecule has 75 valence electrons. The number of benzene rings is 1. The van der Waals surface area contributed by atoms with Gasteiger partial charge >= 0.3 is 0 Å². The van der Waals surface area contributed by atoms with E-state index in [9.17, 15) is 0 Å². The Morgan fingerprint density at radius 3 is 2.29 bits per heavy atom. The zero-order valence-corrected chi connectivity index (χ0v) is 11.3. The molecule has 0 spiro atoms. The first-order valence-corrected chi connectivity index (χ1v) is 4.47. The average Bonchev–Trinajstić information content (AvgIpc) is 2.21. The van der Waals surface area contributed by atoms with E-state index >= 15 is 0 Å². The van der Waals surface area contributed by atoms with Crippen molar-refractivity contribution in [1.82, 2.24) is 9.97 Å². The van der Waals surface area contributed by atoms with E-state index < -0.39 is 0 Å². The molecule has 3 heteroatoms. The summed E-state index contributed by atoms with van der Waals surface area (Å²) in [6.45, 7) is 5.89. The second-order valence-corrected chi connectivity index (χ2v) is 2.41. The maximum absolute atomic E-state index is 4.26. The summed E-state index contributed by atoms with van der Waals surface area (Å²) < 4.78 is 0. The summed E-state index contributed by atoms with van der Waals surface area (Å²) in [6, 6.07) is 7.78. The number of hydrogen-bond donors (Lipinski definition) is 0. The third kappa shape index (κ3) is 3.17. The van der Waals surface area contributed by atoms with Gasteiger partial charge < -0.3 is 4.98 Å². The molecule has 0 aliphatic heterocycles. The summed E-state index contributed by atoms with van der Waals surface area (Å²) in [5.41, 5.74) is 2.67. The summed E-state index contributed by atoms with van der Waals surface area (Å²) in [4.78, 5) is 8.35. The third-order valence-electron chi connectivity index (χ3n) is 1.51. The first kappa shape index (κ1) is 13.2. The predicted octanol–water partition coefficient (Wildman–Crippen LogP) is 2.76. The molecule has 0 aliphatic carbocycles. The van der Waals surface area contributed by atoms with Crippen LogP contribution in [0.3, 0.4) is 0 Å². The van der Waals surface area contributed by atoms with Crippen LogP contribution in [0.2, 0.25) is 0 Å². The van der Waals surface area contributed by atoms with Crippen LogP contribution in [-0.2, 0) is 20.4 Å². The van der Waals surface area contributed by atoms with Crippen molar-refractivity contribution >= 4 is 11.0 Å². The third-order valence-corrected chi connectivity index (χ3v) is 1.51. The molecule has 0 N–H and O–H groups in total. The molecule has 2 rings (SSSR count). The van der Waals surface area contributed by atoms with Gasteiger partial charge in [0.05, 0.1) is 0 Å². The molecule has 0 bridgehead atoms. The van der Waals surface area contributed by atoms with Gasteiger partial charge in [0.2, 0.25) is 0 Å². The van der Waals surface area contributed by atoms with Gasteiger partial charge in [0.15, 0.2) is 0 Å². The van der Waals surface area contributed by atoms with E-state index in [2.05, 4.69) is 16.2 Å². The van der Waals surface area contributed by atoms with Crippen LogP contribution in [0.1, 0.15) is 19.5 Å². The predicted molar refractivity (Wildman–Crippen MR) is 54.5 cm³/mol. The summed E-state index contributed by atoms with van der Waals surface area (Å²) in [5, 5.41) is 0. The van der Waals surface area contributed by atoms with Crippen molar-refractivity contribution in [3.63, 3.8) is 0 Å². The molecule has 0 unspecified atom stereocenters. The quantitative estimate of drug-likeness (QED) is 0.676. The van der Waals surface area contributed by atoms with Crippen molar-refractivity contribution in [1.29, 1.82) is 0 Å². The van der Waals surface area contributed by atoms with Crippen molar-refractivity contribution in [2.24, 2.45) is 0 Å². The van der Waals surface area contributed by atoms with Crippen molar-refractivity contribution in [3.05, 3.63) is 36.2 Å². The molecule has 2 aromatic rings. The Morgan fingerprint density at radius 1 is 1.07 bits per heavy atom. The molecule has 2 nitrogen and oxygen atoms in total. The smallest absolute Gasteiger partial charge is 0.00509 e. The SMILES string of the molecule is CC.Cc1[c-]nc2ccccc2n1.[Re]. The monoisotopic (exact) mass is 360 g/mol. The molecule has 0 saturated heterocycles. The molecular formula is C11H13N2Re-. The van der Waals surface area contributed by atoms with Gasteiger partial charge in [-0.2, -0.15) is 0 Å². The fraction of sp³-hybridized carbons (Fsp3) is 0.273. The van der Waals surface area contributed by atoms with Crippen LogP contribution in [0.15, 0.2) is 24.3 Å². The zero-order chi connectivity index (χ0) is 9.68. The first-order chi connectivity index (χ1) is 6.36. The summed E-state index contributed by atoms with van der Waals surface area (Å²) in [7, 11) is 0. The van der Waals surface area contributed by atoms with Gasteiger partial charge in [-0.25, -0.2) is 0 Å². The number of fused-ring (bicyclic) bond motifs is 1. The number of hydrogen-bond acceptors (Lipinski definition) is 2. The largest absolute Gasteiger partial charge is 0.448 e. The number of aryl methyl sites for hydroxylation is 1. The first-order valence-electron chi connectivity index (χ1n) is 4.47. The van der Waals surface area contributed by atoms with Crippen molar-refractivity contribution in [3.8, 4) is 0 Å². The molecule has 1 heterocycles. The Labute approximate surface area is 98.4 Å². The molecule has 14 heavy (non-hydrogen) atoms. The van der Waals surface area contributed by atoms with Gasteiger partial charge in [-0.1, -0.05) is 37.6 Å². The van der Waals surface area contributed by atoms with Gasteiger partial charge in [-0.05, 0) is 12.6 Å². The second-order valence-electron chi connectivity index (χ2n) is 2.41. The molecule has 1 aromatic heterocycles. The van der Waals surface area contributed by atoms with Crippen LogP contribution in [0.4, 0.5) is 0 Å². The molecule has 1 radical (unpaired) electrons. The Morgan fingerprint density at radius 2 is 1.64 bits per heavy atom. The number of rotatable bonds is 0. The molecule has 0 amide bonds. The van der Waals surface area contributed by atoms with E-state index in [0.29, 0.717) is 0 Å². The van der Waals surface area contributed by atoms with Gasteiger partial charge in [0.25, 0.3) is 0 Å². The Bertz CT molecular complexity index is 388. The standard InChI is InChI=1S/C9H7N2.C2H6.Re/c1-7-6-10-8-4-2-3-5-9(8)11-7;1-2;/h2-5H,1H3;1-2H3;/q-1;;. The maximum atomic E-state index is 4.26. The van der Waals surface area contributed by atoms with Crippen LogP contribution in [0.5, 0.6) is 0 Å². The van der Waals surface area contributed by atoms with E-state index in [4.69, 9.17) is 0 Å². The number of nitrogens with zero attached hydrogens (tertiary/aromatic N) is 2. The summed E-state index contributed by atoms with van der Waals surface area (Å²) in [6.07, 6.45) is 2.81. The summed E-state index contributed by atoms with van der Waals surface area (Å²) in [5.74, 6) is 0. The molecular weight excluding hydrogens is 346 g/mol. The minimum atomic E-state index is 0. The topological polar surface area (TPSA) is 25.8 Å². The van der Waals surface area contributed by atoms with Crippen LogP contribution in [0, 0.1) is 13.1 Å². The maximum Gasteiger partial charge on any atom is 0.00509 e. The van der Waals surface area contributed by atoms with Crippen molar-refractivity contribution < 1.29 is 20.4 Å². The van der Waals surface area contributed by atoms with Crippen LogP contribution < -0.4 is 0 Å². The van der Waals surface area contributed by atoms with Gasteiger partial charge in [-0.3, -0.25) is 4.98 Å². The Kier molecular flexibility index (Phi) is 6.27. The Balaban J connectivity index is 0.000000531. The van der Waals surface area contributed by atoms with Crippen molar-refractivity contribution in [2.45, 2.75) is 20.8 Å². The molecule has 0 atom stereocenters. The zero-order valence-electron chi connectivity index (χ0n) is 8.58. The van der Waals surface area contributed by atoms with E-state index in [1.165, 1.54) is 0 Å². The van der Waals surface area contributed by atoms with Gasteiger partial charge in [0.1, 0.15) is 0 Å². The van der Waals surface area contributed by atoms with Crippen LogP contribution in [-0.4, -0.2) is 9.97 Å². The minimum Gasteiger partial charge on any atom is -0.448 e. The Hall–Kier alpha value is -0.778. The van der Waals surface area contributed by atoms with E-state index in [1.807, 2.05) is 45.0 Å². The number of para-hydroxylation sites is 2. The molecule has 0 saturated carbocycles. The van der Waals surface area contributed by atoms with Gasteiger partial charge in [0, 0.05) is 25.9 Å². The van der Waals surface area contributed by atoms with E-state index in [-0.39, 0.29) is 20.4 Å². The van der Waals surface area contributed by atoms with Crippen molar-refractivity contribution in [2.75, 3.05) is 0 Å². The summed E-state index contributed by atoms with van der Waals surface area (Å²) >= 11 is 0. The van der Waals surface area contributed by atoms with E-state index in [0.717, 1.165) is 16.7 Å². The minimum absolute atomic E-state index is 0. The number of aromatic nitrogens is 2. The van der Waals surface area contributed by atoms with Crippen LogP contribution in [0.25, 0.3) is 11.0 Å². The average molecular weight is 359 g/mol. The molecule has 1 aromatic carbocycles. The molecule has 0 aliphatic rings. The fourth-order valence-electron chi connectivity index (χ4n) is 1.00. The van der Waals surface area contributed by atoms with Gasteiger partial charge in [-0.15, -0.1) is 12.3 Å². The van der Waals surface area contributed by atoms with Crippen LogP contribution >= 0.6 is 0 Å². The second kappa shape index (κ2) is 6.64. The molecule has 0 fully saturated rings. The normalized spacial score (nSPS) is 8.50. The van der Waals surface area contributed by atoms with E-state index in [1.54, 1.807) is 0 Å². The fourth-order valence-corrected chi connectivity index (χ4v) is 1.00.